The van der Waals surface area contributed by atoms with E-state index in [9.17, 15) is 19.5 Å². The van der Waals surface area contributed by atoms with Crippen LogP contribution in [-0.2, 0) is 11.2 Å². The Morgan fingerprint density at radius 2 is 1.76 bits per heavy atom. The molecule has 248 valence electrons. The fourth-order valence-electron chi connectivity index (χ4n) is 7.11. The molecule has 2 aliphatic rings. The maximum Gasteiger partial charge on any atom is 0.412 e. The van der Waals surface area contributed by atoms with E-state index in [1.165, 1.54) is 0 Å². The van der Waals surface area contributed by atoms with Crippen molar-refractivity contribution in [3.05, 3.63) is 95.4 Å². The van der Waals surface area contributed by atoms with Crippen molar-refractivity contribution in [3.8, 4) is 5.75 Å². The summed E-state index contributed by atoms with van der Waals surface area (Å²) in [5.41, 5.74) is 4.95. The highest BCUT2D eigenvalue weighted by atomic mass is 35.5. The molecule has 4 aromatic carbocycles. The average molecular weight is 677 g/mol. The third-order valence-electron chi connectivity index (χ3n) is 9.19. The number of aromatic nitrogens is 1. The molecule has 0 unspecified atom stereocenters. The summed E-state index contributed by atoms with van der Waals surface area (Å²) in [6.45, 7) is 6.22. The predicted molar refractivity (Wildman–Crippen MR) is 191 cm³/mol. The van der Waals surface area contributed by atoms with Gasteiger partial charge in [0.15, 0.2) is 5.76 Å². The molecule has 0 fully saturated rings. The number of halogens is 1. The van der Waals surface area contributed by atoms with Crippen molar-refractivity contribution >= 4 is 79.2 Å². The Labute approximate surface area is 286 Å². The molecule has 2 aromatic heterocycles. The van der Waals surface area contributed by atoms with Crippen LogP contribution in [0.4, 0.5) is 21.9 Å². The van der Waals surface area contributed by atoms with Gasteiger partial charge >= 0.3 is 6.09 Å². The summed E-state index contributed by atoms with van der Waals surface area (Å²) in [5.74, 6) is 0.0529. The Balaban J connectivity index is 1.06. The molecule has 2 aliphatic heterocycles. The van der Waals surface area contributed by atoms with Gasteiger partial charge < -0.3 is 29.0 Å². The van der Waals surface area contributed by atoms with Gasteiger partial charge in [0.05, 0.1) is 5.69 Å². The Hall–Kier alpha value is -5.48. The van der Waals surface area contributed by atoms with E-state index in [2.05, 4.69) is 10.3 Å². The van der Waals surface area contributed by atoms with Crippen molar-refractivity contribution in [1.82, 2.24) is 4.98 Å². The number of carbonyl (C=O) groups is 3. The standard InChI is InChI=1S/C38H33ClN4O6/c1-38(2,3)49-37(47)40-22-8-11-32-20(14-22)15-33(48-32)36(46)42-13-12-23-26-16-28(41-27(26)9-10-29(23)42)35(45)43-19-21(18-39)34-25-7-5-4-6-24(25)31(44)17-30(34)43/h4-11,14-17,21,41,44H,12-13,18-19H2,1-3H3,(H,40,47)/t21-/m0/s1. The number of ether oxygens (including phenoxy) is 1. The summed E-state index contributed by atoms with van der Waals surface area (Å²) in [5, 5.41) is 16.7. The van der Waals surface area contributed by atoms with Crippen LogP contribution in [0.1, 0.15) is 58.9 Å². The first kappa shape index (κ1) is 30.8. The minimum atomic E-state index is -0.632. The summed E-state index contributed by atoms with van der Waals surface area (Å²) < 4.78 is 11.3. The highest BCUT2D eigenvalue weighted by Crippen LogP contribution is 2.46. The van der Waals surface area contributed by atoms with Gasteiger partial charge in [-0.1, -0.05) is 24.3 Å². The summed E-state index contributed by atoms with van der Waals surface area (Å²) in [6.07, 6.45) is 0.0355. The first-order valence-corrected chi connectivity index (χ1v) is 16.6. The van der Waals surface area contributed by atoms with Gasteiger partial charge in [0.25, 0.3) is 11.8 Å². The summed E-state index contributed by atoms with van der Waals surface area (Å²) in [4.78, 5) is 46.7. The number of hydrogen-bond acceptors (Lipinski definition) is 6. The van der Waals surface area contributed by atoms with E-state index in [4.69, 9.17) is 20.8 Å². The monoisotopic (exact) mass is 676 g/mol. The number of nitrogens with zero attached hydrogens (tertiary/aromatic N) is 2. The van der Waals surface area contributed by atoms with E-state index in [1.807, 2.05) is 42.5 Å². The van der Waals surface area contributed by atoms with Crippen molar-refractivity contribution in [2.24, 2.45) is 0 Å². The lowest BCUT2D eigenvalue weighted by Crippen LogP contribution is -2.30. The number of alkyl halides is 1. The number of anilines is 3. The maximum absolute atomic E-state index is 14.0. The van der Waals surface area contributed by atoms with Crippen LogP contribution in [0, 0.1) is 0 Å². The third-order valence-corrected chi connectivity index (χ3v) is 9.56. The lowest BCUT2D eigenvalue weighted by Gasteiger charge is -2.19. The Kier molecular flexibility index (Phi) is 7.11. The van der Waals surface area contributed by atoms with Gasteiger partial charge in [0.1, 0.15) is 22.6 Å². The van der Waals surface area contributed by atoms with E-state index in [0.29, 0.717) is 53.4 Å². The number of furan rings is 1. The van der Waals surface area contributed by atoms with Gasteiger partial charge in [-0.2, -0.15) is 0 Å². The molecule has 0 aliphatic carbocycles. The SMILES string of the molecule is CC(C)(C)OC(=O)Nc1ccc2oc(C(=O)N3CCc4c3ccc3[nH]c(C(=O)N5C[C@H](CCl)c6c5cc(O)c5ccccc65)cc43)cc2c1. The number of aromatic amines is 1. The normalized spacial score (nSPS) is 15.6. The number of phenolic OH excluding ortho intramolecular Hbond substituents is 1. The molecule has 11 heteroatoms. The Bertz CT molecular complexity index is 2350. The second kappa shape index (κ2) is 11.3. The molecule has 3 amide bonds. The van der Waals surface area contributed by atoms with Crippen LogP contribution in [0.15, 0.2) is 77.2 Å². The lowest BCUT2D eigenvalue weighted by molar-refractivity contribution is 0.0635. The first-order valence-electron chi connectivity index (χ1n) is 16.1. The molecule has 0 saturated heterocycles. The lowest BCUT2D eigenvalue weighted by atomic mass is 9.95. The molecule has 1 atom stereocenters. The summed E-state index contributed by atoms with van der Waals surface area (Å²) in [6, 6.07) is 21.7. The maximum atomic E-state index is 14.0. The quantitative estimate of drug-likeness (QED) is 0.161. The van der Waals surface area contributed by atoms with Crippen LogP contribution in [0.3, 0.4) is 0 Å². The highest BCUT2D eigenvalue weighted by Gasteiger charge is 2.36. The minimum Gasteiger partial charge on any atom is -0.507 e. The zero-order valence-electron chi connectivity index (χ0n) is 27.1. The molecule has 8 rings (SSSR count). The van der Waals surface area contributed by atoms with Crippen LogP contribution in [0.2, 0.25) is 0 Å². The zero-order chi connectivity index (χ0) is 34.2. The number of hydrogen-bond donors (Lipinski definition) is 3. The van der Waals surface area contributed by atoms with Crippen LogP contribution >= 0.6 is 11.6 Å². The molecule has 0 bridgehead atoms. The summed E-state index contributed by atoms with van der Waals surface area (Å²) >= 11 is 6.40. The van der Waals surface area contributed by atoms with Crippen molar-refractivity contribution in [1.29, 1.82) is 0 Å². The number of aromatic hydroxyl groups is 1. The van der Waals surface area contributed by atoms with Crippen LogP contribution < -0.4 is 15.1 Å². The van der Waals surface area contributed by atoms with Crippen LogP contribution in [0.5, 0.6) is 5.75 Å². The van der Waals surface area contributed by atoms with Gasteiger partial charge in [-0.25, -0.2) is 4.79 Å². The third kappa shape index (κ3) is 5.23. The summed E-state index contributed by atoms with van der Waals surface area (Å²) in [7, 11) is 0. The topological polar surface area (TPSA) is 128 Å². The van der Waals surface area contributed by atoms with Crippen LogP contribution in [-0.4, -0.2) is 52.6 Å². The van der Waals surface area contributed by atoms with Gasteiger partial charge in [-0.3, -0.25) is 14.9 Å². The smallest absolute Gasteiger partial charge is 0.412 e. The number of carbonyl (C=O) groups excluding carboxylic acids is 3. The van der Waals surface area contributed by atoms with Crippen LogP contribution in [0.25, 0.3) is 32.6 Å². The fraction of sp³-hybridized carbons (Fsp3) is 0.237. The van der Waals surface area contributed by atoms with Crippen molar-refractivity contribution in [2.45, 2.75) is 38.7 Å². The second-order valence-electron chi connectivity index (χ2n) is 13.5. The number of phenols is 1. The van der Waals surface area contributed by atoms with Crippen molar-refractivity contribution in [3.63, 3.8) is 0 Å². The number of rotatable bonds is 4. The largest absolute Gasteiger partial charge is 0.507 e. The second-order valence-corrected chi connectivity index (χ2v) is 13.9. The Morgan fingerprint density at radius 3 is 2.53 bits per heavy atom. The van der Waals surface area contributed by atoms with Gasteiger partial charge in [-0.05, 0) is 86.2 Å². The number of fused-ring (bicyclic) bond motifs is 7. The molecule has 10 nitrogen and oxygen atoms in total. The molecule has 0 spiro atoms. The number of amides is 3. The van der Waals surface area contributed by atoms with E-state index >= 15 is 0 Å². The molecule has 3 N–H and O–H groups in total. The number of nitrogens with one attached hydrogen (secondary N) is 2. The van der Waals surface area contributed by atoms with Gasteiger partial charge in [-0.15, -0.1) is 11.6 Å². The number of H-pyrrole nitrogens is 1. The number of benzene rings is 4. The van der Waals surface area contributed by atoms with Crippen molar-refractivity contribution in [2.75, 3.05) is 34.1 Å². The molecule has 0 radical (unpaired) electrons. The van der Waals surface area contributed by atoms with Gasteiger partial charge in [0, 0.05) is 64.0 Å². The molecular weight excluding hydrogens is 644 g/mol. The van der Waals surface area contributed by atoms with E-state index < -0.39 is 11.7 Å². The van der Waals surface area contributed by atoms with E-state index in [0.717, 1.165) is 38.5 Å². The first-order chi connectivity index (χ1) is 23.5. The highest BCUT2D eigenvalue weighted by molar-refractivity contribution is 6.19. The zero-order valence-corrected chi connectivity index (χ0v) is 27.9. The van der Waals surface area contributed by atoms with E-state index in [-0.39, 0.29) is 29.2 Å². The Morgan fingerprint density at radius 1 is 0.959 bits per heavy atom. The van der Waals surface area contributed by atoms with Crippen molar-refractivity contribution < 1.29 is 28.6 Å². The molecule has 6 aromatic rings. The molecule has 49 heavy (non-hydrogen) atoms. The average Bonchev–Trinajstić information content (AvgIpc) is 3.86. The fourth-order valence-corrected chi connectivity index (χ4v) is 7.36. The van der Waals surface area contributed by atoms with Gasteiger partial charge in [0.2, 0.25) is 0 Å². The minimum absolute atomic E-state index is 0.0783. The molecule has 4 heterocycles. The predicted octanol–water partition coefficient (Wildman–Crippen LogP) is 8.31. The molecular formula is C38H33ClN4O6. The molecule has 0 saturated carbocycles. The van der Waals surface area contributed by atoms with E-state index in [1.54, 1.807) is 60.9 Å².